The van der Waals surface area contributed by atoms with Crippen molar-refractivity contribution in [1.82, 2.24) is 10.6 Å². The van der Waals surface area contributed by atoms with E-state index in [1.807, 2.05) is 0 Å². The molecule has 1 aliphatic heterocycles. The lowest BCUT2D eigenvalue weighted by atomic mass is 9.90. The predicted octanol–water partition coefficient (Wildman–Crippen LogP) is 2.46. The zero-order valence-electron chi connectivity index (χ0n) is 11.4. The van der Waals surface area contributed by atoms with Crippen LogP contribution in [0.3, 0.4) is 0 Å². The zero-order chi connectivity index (χ0) is 12.5. The van der Waals surface area contributed by atoms with Crippen LogP contribution in [0, 0.1) is 5.92 Å². The largest absolute Gasteiger partial charge is 0.355 e. The Morgan fingerprint density at radius 2 is 2.12 bits per heavy atom. The summed E-state index contributed by atoms with van der Waals surface area (Å²) in [5.41, 5.74) is 0. The second kappa shape index (κ2) is 8.51. The van der Waals surface area contributed by atoms with E-state index in [2.05, 4.69) is 24.5 Å². The minimum atomic E-state index is 0.0554. The fraction of sp³-hybridized carbons (Fsp3) is 0.929. The molecule has 1 saturated heterocycles. The number of unbranched alkanes of at least 4 members (excludes halogenated alkanes) is 3. The molecule has 0 aromatic carbocycles. The van der Waals surface area contributed by atoms with Crippen molar-refractivity contribution in [2.45, 2.75) is 64.8 Å². The molecule has 2 atom stereocenters. The van der Waals surface area contributed by atoms with Gasteiger partial charge in [0.05, 0.1) is 6.04 Å². The number of hydrogen-bond donors (Lipinski definition) is 2. The van der Waals surface area contributed by atoms with E-state index in [0.717, 1.165) is 31.8 Å². The highest BCUT2D eigenvalue weighted by atomic mass is 16.2. The first-order chi connectivity index (χ1) is 8.27. The lowest BCUT2D eigenvalue weighted by Crippen LogP contribution is -2.48. The number of carbonyl (C=O) groups excluding carboxylic acids is 1. The van der Waals surface area contributed by atoms with Crippen molar-refractivity contribution in [1.29, 1.82) is 0 Å². The molecular weight excluding hydrogens is 212 g/mol. The van der Waals surface area contributed by atoms with Crippen molar-refractivity contribution in [3.05, 3.63) is 0 Å². The lowest BCUT2D eigenvalue weighted by Gasteiger charge is -2.28. The van der Waals surface area contributed by atoms with Crippen LogP contribution < -0.4 is 10.6 Å². The first-order valence-electron chi connectivity index (χ1n) is 7.29. The fourth-order valence-corrected chi connectivity index (χ4v) is 2.45. The van der Waals surface area contributed by atoms with Gasteiger partial charge in [0, 0.05) is 6.54 Å². The number of carbonyl (C=O) groups is 1. The molecule has 3 nitrogen and oxygen atoms in total. The van der Waals surface area contributed by atoms with E-state index in [1.165, 1.54) is 32.1 Å². The number of piperidine rings is 1. The van der Waals surface area contributed by atoms with Gasteiger partial charge in [0.1, 0.15) is 0 Å². The number of nitrogens with one attached hydrogen (secondary N) is 2. The average molecular weight is 240 g/mol. The van der Waals surface area contributed by atoms with Crippen molar-refractivity contribution >= 4 is 5.91 Å². The molecule has 0 saturated carbocycles. The van der Waals surface area contributed by atoms with E-state index in [0.29, 0.717) is 0 Å². The third-order valence-corrected chi connectivity index (χ3v) is 3.74. The molecular formula is C14H28N2O. The summed E-state index contributed by atoms with van der Waals surface area (Å²) in [6.07, 6.45) is 8.29. The molecule has 1 heterocycles. The molecule has 0 aromatic heterocycles. The average Bonchev–Trinajstić information content (AvgIpc) is 2.38. The lowest BCUT2D eigenvalue weighted by molar-refractivity contribution is -0.124. The van der Waals surface area contributed by atoms with Gasteiger partial charge in [0.15, 0.2) is 0 Å². The first kappa shape index (κ1) is 14.5. The Balaban J connectivity index is 2.14. The molecule has 100 valence electrons. The van der Waals surface area contributed by atoms with Crippen LogP contribution >= 0.6 is 0 Å². The monoisotopic (exact) mass is 240 g/mol. The van der Waals surface area contributed by atoms with E-state index >= 15 is 0 Å². The molecule has 0 radical (unpaired) electrons. The minimum absolute atomic E-state index is 0.0554. The van der Waals surface area contributed by atoms with Gasteiger partial charge in [-0.05, 0) is 31.7 Å². The van der Waals surface area contributed by atoms with Crippen LogP contribution in [0.4, 0.5) is 0 Å². The van der Waals surface area contributed by atoms with Crippen LogP contribution in [0.25, 0.3) is 0 Å². The molecule has 0 aliphatic carbocycles. The summed E-state index contributed by atoms with van der Waals surface area (Å²) in [6, 6.07) is 0.0554. The van der Waals surface area contributed by atoms with Gasteiger partial charge in [-0.1, -0.05) is 39.5 Å². The van der Waals surface area contributed by atoms with Gasteiger partial charge in [-0.2, -0.15) is 0 Å². The van der Waals surface area contributed by atoms with Crippen LogP contribution in [0.15, 0.2) is 0 Å². The quantitative estimate of drug-likeness (QED) is 0.671. The third-order valence-electron chi connectivity index (χ3n) is 3.74. The normalized spacial score (nSPS) is 24.6. The Bertz CT molecular complexity index is 218. The molecule has 0 spiro atoms. The summed E-state index contributed by atoms with van der Waals surface area (Å²) in [5, 5.41) is 6.38. The molecule has 1 aliphatic rings. The van der Waals surface area contributed by atoms with E-state index in [4.69, 9.17) is 0 Å². The maximum atomic E-state index is 11.9. The van der Waals surface area contributed by atoms with Gasteiger partial charge in [-0.15, -0.1) is 0 Å². The summed E-state index contributed by atoms with van der Waals surface area (Å²) in [7, 11) is 0. The highest BCUT2D eigenvalue weighted by Crippen LogP contribution is 2.19. The fourth-order valence-electron chi connectivity index (χ4n) is 2.45. The summed E-state index contributed by atoms with van der Waals surface area (Å²) >= 11 is 0. The van der Waals surface area contributed by atoms with E-state index in [1.54, 1.807) is 0 Å². The molecule has 17 heavy (non-hydrogen) atoms. The van der Waals surface area contributed by atoms with Gasteiger partial charge in [0.2, 0.25) is 5.91 Å². The van der Waals surface area contributed by atoms with Gasteiger partial charge < -0.3 is 10.6 Å². The Kier molecular flexibility index (Phi) is 7.25. The maximum absolute atomic E-state index is 11.9. The number of amides is 1. The van der Waals surface area contributed by atoms with Gasteiger partial charge in [0.25, 0.3) is 0 Å². The van der Waals surface area contributed by atoms with E-state index in [9.17, 15) is 4.79 Å². The Labute approximate surface area is 106 Å². The highest BCUT2D eigenvalue weighted by molar-refractivity contribution is 5.81. The molecule has 0 aromatic rings. The third kappa shape index (κ3) is 5.53. The van der Waals surface area contributed by atoms with Crippen LogP contribution in [0.1, 0.15) is 58.8 Å². The molecule has 0 bridgehead atoms. The summed E-state index contributed by atoms with van der Waals surface area (Å²) in [4.78, 5) is 11.9. The van der Waals surface area contributed by atoms with E-state index in [-0.39, 0.29) is 11.9 Å². The summed E-state index contributed by atoms with van der Waals surface area (Å²) in [6.45, 7) is 6.26. The van der Waals surface area contributed by atoms with E-state index < -0.39 is 0 Å². The first-order valence-corrected chi connectivity index (χ1v) is 7.29. The summed E-state index contributed by atoms with van der Waals surface area (Å²) < 4.78 is 0. The Morgan fingerprint density at radius 1 is 1.29 bits per heavy atom. The van der Waals surface area contributed by atoms with Crippen molar-refractivity contribution in [2.24, 2.45) is 5.92 Å². The smallest absolute Gasteiger partial charge is 0.237 e. The topological polar surface area (TPSA) is 41.1 Å². The van der Waals surface area contributed by atoms with Crippen LogP contribution in [-0.2, 0) is 4.79 Å². The van der Waals surface area contributed by atoms with Crippen molar-refractivity contribution in [3.8, 4) is 0 Å². The summed E-state index contributed by atoms with van der Waals surface area (Å²) in [5.74, 6) is 0.937. The predicted molar refractivity (Wildman–Crippen MR) is 72.0 cm³/mol. The van der Waals surface area contributed by atoms with Crippen LogP contribution in [0.5, 0.6) is 0 Å². The minimum Gasteiger partial charge on any atom is -0.355 e. The van der Waals surface area contributed by atoms with Gasteiger partial charge >= 0.3 is 0 Å². The highest BCUT2D eigenvalue weighted by Gasteiger charge is 2.25. The standard InChI is InChI=1S/C14H28N2O/c1-3-5-6-7-9-16-14(17)13-11-12(4-2)8-10-15-13/h12-13,15H,3-11H2,1-2H3,(H,16,17). The maximum Gasteiger partial charge on any atom is 0.237 e. The molecule has 3 heteroatoms. The molecule has 2 unspecified atom stereocenters. The second-order valence-corrected chi connectivity index (χ2v) is 5.16. The molecule has 1 fully saturated rings. The Hall–Kier alpha value is -0.570. The van der Waals surface area contributed by atoms with Gasteiger partial charge in [-0.3, -0.25) is 4.79 Å². The molecule has 1 amide bonds. The van der Waals surface area contributed by atoms with Crippen molar-refractivity contribution < 1.29 is 4.79 Å². The van der Waals surface area contributed by atoms with Crippen molar-refractivity contribution in [3.63, 3.8) is 0 Å². The SMILES string of the molecule is CCCCCCNC(=O)C1CC(CC)CCN1. The second-order valence-electron chi connectivity index (χ2n) is 5.16. The van der Waals surface area contributed by atoms with Crippen molar-refractivity contribution in [2.75, 3.05) is 13.1 Å². The number of rotatable bonds is 7. The molecule has 1 rings (SSSR count). The molecule has 2 N–H and O–H groups in total. The van der Waals surface area contributed by atoms with Gasteiger partial charge in [-0.25, -0.2) is 0 Å². The zero-order valence-corrected chi connectivity index (χ0v) is 11.4. The van der Waals surface area contributed by atoms with Crippen LogP contribution in [-0.4, -0.2) is 25.0 Å². The Morgan fingerprint density at radius 3 is 2.82 bits per heavy atom. The van der Waals surface area contributed by atoms with Crippen LogP contribution in [0.2, 0.25) is 0 Å². The number of hydrogen-bond acceptors (Lipinski definition) is 2.